The van der Waals surface area contributed by atoms with Crippen LogP contribution in [0.25, 0.3) is 0 Å². The average molecular weight is 360 g/mol. The summed E-state index contributed by atoms with van der Waals surface area (Å²) in [6.07, 6.45) is 8.23. The molecule has 1 aliphatic heterocycles. The Labute approximate surface area is 151 Å². The van der Waals surface area contributed by atoms with E-state index in [1.54, 1.807) is 4.68 Å². The molecule has 2 fully saturated rings. The van der Waals surface area contributed by atoms with E-state index in [4.69, 9.17) is 4.74 Å². The molecule has 2 aromatic rings. The molecule has 2 aliphatic rings. The van der Waals surface area contributed by atoms with Crippen molar-refractivity contribution in [1.29, 1.82) is 0 Å². The van der Waals surface area contributed by atoms with Crippen molar-refractivity contribution >= 4 is 17.2 Å². The van der Waals surface area contributed by atoms with Crippen molar-refractivity contribution in [2.75, 3.05) is 13.2 Å². The summed E-state index contributed by atoms with van der Waals surface area (Å²) in [5.41, 5.74) is 1.70. The first-order valence-electron chi connectivity index (χ1n) is 8.92. The number of thiazole rings is 1. The number of carbonyl (C=O) groups is 1. The number of hydrogen-bond donors (Lipinski definition) is 0. The third-order valence-electron chi connectivity index (χ3n) is 5.03. The van der Waals surface area contributed by atoms with Gasteiger partial charge in [-0.15, -0.1) is 11.3 Å². The Hall–Kier alpha value is -1.73. The molecule has 0 radical (unpaired) electrons. The zero-order valence-corrected chi connectivity index (χ0v) is 15.5. The van der Waals surface area contributed by atoms with Crippen molar-refractivity contribution in [3.05, 3.63) is 34.0 Å². The number of aryl methyl sites for hydroxylation is 2. The molecule has 7 heteroatoms. The van der Waals surface area contributed by atoms with Crippen LogP contribution in [-0.4, -0.2) is 50.9 Å². The molecule has 1 saturated carbocycles. The molecule has 2 atom stereocenters. The Kier molecular flexibility index (Phi) is 4.60. The third kappa shape index (κ3) is 3.77. The molecular weight excluding hydrogens is 336 g/mol. The van der Waals surface area contributed by atoms with Crippen molar-refractivity contribution in [2.24, 2.45) is 13.0 Å². The summed E-state index contributed by atoms with van der Waals surface area (Å²) in [4.78, 5) is 19.3. The second-order valence-corrected chi connectivity index (χ2v) is 8.21. The number of rotatable bonds is 6. The molecular formula is C18H24N4O2S. The molecule has 134 valence electrons. The van der Waals surface area contributed by atoms with Gasteiger partial charge in [-0.3, -0.25) is 9.48 Å². The van der Waals surface area contributed by atoms with Gasteiger partial charge in [0.15, 0.2) is 0 Å². The SMILES string of the molecule is Cc1nc(C(=O)N2CC[C@@H](OCC3CC3)[C@@H]2Cc2cnn(C)c2)cs1. The average Bonchev–Trinajstić information content (AvgIpc) is 2.97. The molecule has 0 unspecified atom stereocenters. The minimum atomic E-state index is 0.0239. The number of carbonyl (C=O) groups excluding carboxylic acids is 1. The summed E-state index contributed by atoms with van der Waals surface area (Å²) < 4.78 is 8.01. The van der Waals surface area contributed by atoms with E-state index in [0.717, 1.165) is 42.5 Å². The molecule has 1 saturated heterocycles. The quantitative estimate of drug-likeness (QED) is 0.794. The lowest BCUT2D eigenvalue weighted by Gasteiger charge is -2.27. The van der Waals surface area contributed by atoms with E-state index in [9.17, 15) is 4.79 Å². The van der Waals surface area contributed by atoms with Gasteiger partial charge in [-0.1, -0.05) is 0 Å². The van der Waals surface area contributed by atoms with E-state index in [-0.39, 0.29) is 18.1 Å². The van der Waals surface area contributed by atoms with Gasteiger partial charge in [0.2, 0.25) is 0 Å². The molecule has 6 nitrogen and oxygen atoms in total. The molecule has 0 N–H and O–H groups in total. The van der Waals surface area contributed by atoms with Crippen molar-refractivity contribution in [3.8, 4) is 0 Å². The van der Waals surface area contributed by atoms with E-state index in [2.05, 4.69) is 10.1 Å². The molecule has 1 aliphatic carbocycles. The Balaban J connectivity index is 1.52. The maximum absolute atomic E-state index is 13.0. The zero-order chi connectivity index (χ0) is 17.4. The van der Waals surface area contributed by atoms with Crippen LogP contribution in [0.4, 0.5) is 0 Å². The van der Waals surface area contributed by atoms with E-state index >= 15 is 0 Å². The smallest absolute Gasteiger partial charge is 0.273 e. The van der Waals surface area contributed by atoms with Gasteiger partial charge in [-0.25, -0.2) is 4.98 Å². The first kappa shape index (κ1) is 16.7. The van der Waals surface area contributed by atoms with E-state index in [1.807, 2.05) is 36.6 Å². The summed E-state index contributed by atoms with van der Waals surface area (Å²) in [6.45, 7) is 3.49. The van der Waals surface area contributed by atoms with Gasteiger partial charge >= 0.3 is 0 Å². The number of hydrogen-bond acceptors (Lipinski definition) is 5. The van der Waals surface area contributed by atoms with Gasteiger partial charge in [-0.2, -0.15) is 5.10 Å². The number of aromatic nitrogens is 3. The summed E-state index contributed by atoms with van der Waals surface area (Å²) in [6, 6.07) is 0.0532. The van der Waals surface area contributed by atoms with E-state index in [1.165, 1.54) is 24.2 Å². The van der Waals surface area contributed by atoms with Crippen molar-refractivity contribution in [1.82, 2.24) is 19.7 Å². The number of nitrogens with zero attached hydrogens (tertiary/aromatic N) is 4. The maximum atomic E-state index is 13.0. The Morgan fingerprint density at radius 3 is 2.88 bits per heavy atom. The van der Waals surface area contributed by atoms with Crippen molar-refractivity contribution < 1.29 is 9.53 Å². The van der Waals surface area contributed by atoms with Crippen LogP contribution >= 0.6 is 11.3 Å². The molecule has 0 aromatic carbocycles. The van der Waals surface area contributed by atoms with Crippen LogP contribution in [-0.2, 0) is 18.2 Å². The van der Waals surface area contributed by atoms with Crippen LogP contribution in [0, 0.1) is 12.8 Å². The monoisotopic (exact) mass is 360 g/mol. The summed E-state index contributed by atoms with van der Waals surface area (Å²) >= 11 is 1.52. The highest BCUT2D eigenvalue weighted by Crippen LogP contribution is 2.32. The predicted octanol–water partition coefficient (Wildman–Crippen LogP) is 2.44. The topological polar surface area (TPSA) is 60.3 Å². The van der Waals surface area contributed by atoms with Crippen LogP contribution in [0.1, 0.15) is 40.3 Å². The number of ether oxygens (including phenoxy) is 1. The zero-order valence-electron chi connectivity index (χ0n) is 14.7. The van der Waals surface area contributed by atoms with E-state index < -0.39 is 0 Å². The van der Waals surface area contributed by atoms with Crippen LogP contribution < -0.4 is 0 Å². The van der Waals surface area contributed by atoms with Gasteiger partial charge in [0.05, 0.1) is 23.4 Å². The highest BCUT2D eigenvalue weighted by atomic mass is 32.1. The molecule has 0 spiro atoms. The lowest BCUT2D eigenvalue weighted by Crippen LogP contribution is -2.42. The summed E-state index contributed by atoms with van der Waals surface area (Å²) in [7, 11) is 1.92. The second-order valence-electron chi connectivity index (χ2n) is 7.15. The second kappa shape index (κ2) is 6.88. The fraction of sp³-hybridized carbons (Fsp3) is 0.611. The van der Waals surface area contributed by atoms with Gasteiger partial charge in [0.25, 0.3) is 5.91 Å². The van der Waals surface area contributed by atoms with Crippen LogP contribution in [0.3, 0.4) is 0 Å². The molecule has 4 rings (SSSR count). The first-order chi connectivity index (χ1) is 12.1. The Morgan fingerprint density at radius 2 is 2.24 bits per heavy atom. The molecule has 1 amide bonds. The molecule has 25 heavy (non-hydrogen) atoms. The van der Waals surface area contributed by atoms with Gasteiger partial charge in [-0.05, 0) is 44.1 Å². The number of likely N-dealkylation sites (tertiary alicyclic amines) is 1. The maximum Gasteiger partial charge on any atom is 0.273 e. The first-order valence-corrected chi connectivity index (χ1v) is 9.80. The fourth-order valence-corrected chi connectivity index (χ4v) is 4.07. The largest absolute Gasteiger partial charge is 0.376 e. The molecule has 0 bridgehead atoms. The van der Waals surface area contributed by atoms with Crippen LogP contribution in [0.2, 0.25) is 0 Å². The molecule has 3 heterocycles. The van der Waals surface area contributed by atoms with Crippen molar-refractivity contribution in [2.45, 2.75) is 44.8 Å². The van der Waals surface area contributed by atoms with Gasteiger partial charge in [0.1, 0.15) is 5.69 Å². The van der Waals surface area contributed by atoms with Crippen molar-refractivity contribution in [3.63, 3.8) is 0 Å². The third-order valence-corrected chi connectivity index (χ3v) is 5.80. The van der Waals surface area contributed by atoms with Gasteiger partial charge in [0, 0.05) is 31.8 Å². The van der Waals surface area contributed by atoms with Crippen LogP contribution in [0.5, 0.6) is 0 Å². The lowest BCUT2D eigenvalue weighted by molar-refractivity contribution is 0.0199. The van der Waals surface area contributed by atoms with Gasteiger partial charge < -0.3 is 9.64 Å². The standard InChI is InChI=1S/C18H24N4O2S/c1-12-20-15(11-25-12)18(23)22-6-5-17(24-10-13-3-4-13)16(22)7-14-8-19-21(2)9-14/h8-9,11,13,16-17H,3-7,10H2,1-2H3/t16-,17+/m0/s1. The minimum absolute atomic E-state index is 0.0239. The highest BCUT2D eigenvalue weighted by molar-refractivity contribution is 7.09. The highest BCUT2D eigenvalue weighted by Gasteiger charge is 2.39. The normalized spacial score (nSPS) is 23.4. The summed E-state index contributed by atoms with van der Waals surface area (Å²) in [5, 5.41) is 7.04. The van der Waals surface area contributed by atoms with E-state index in [0.29, 0.717) is 5.69 Å². The Bertz CT molecular complexity index is 752. The lowest BCUT2D eigenvalue weighted by atomic mass is 10.0. The fourth-order valence-electron chi connectivity index (χ4n) is 3.49. The molecule has 2 aromatic heterocycles. The number of amides is 1. The predicted molar refractivity (Wildman–Crippen MR) is 95.7 cm³/mol. The summed E-state index contributed by atoms with van der Waals surface area (Å²) in [5.74, 6) is 0.751. The van der Waals surface area contributed by atoms with Crippen LogP contribution in [0.15, 0.2) is 17.8 Å². The minimum Gasteiger partial charge on any atom is -0.376 e. The Morgan fingerprint density at radius 1 is 1.40 bits per heavy atom.